The summed E-state index contributed by atoms with van der Waals surface area (Å²) in [7, 11) is 0. The number of aliphatic hydroxyl groups is 1. The van der Waals surface area contributed by atoms with Crippen molar-refractivity contribution in [1.82, 2.24) is 0 Å². The molecule has 0 unspecified atom stereocenters. The Balaban J connectivity index is 1.80. The lowest BCUT2D eigenvalue weighted by atomic mass is 10.0. The quantitative estimate of drug-likeness (QED) is 0.309. The molecular formula is C23H39O. The topological polar surface area (TPSA) is 20.2 Å². The van der Waals surface area contributed by atoms with E-state index >= 15 is 0 Å². The van der Waals surface area contributed by atoms with Gasteiger partial charge in [0.2, 0.25) is 0 Å². The second kappa shape index (κ2) is 15.7. The minimum absolute atomic E-state index is 0.889. The summed E-state index contributed by atoms with van der Waals surface area (Å²) in [6.45, 7) is 3.45. The molecule has 24 heavy (non-hydrogen) atoms. The molecule has 137 valence electrons. The maximum atomic E-state index is 8.91. The molecular weight excluding hydrogens is 292 g/mol. The molecule has 0 saturated carbocycles. The molecule has 0 heterocycles. The fourth-order valence-corrected chi connectivity index (χ4v) is 3.29. The van der Waals surface area contributed by atoms with E-state index in [2.05, 4.69) is 19.1 Å². The Morgan fingerprint density at radius 3 is 1.46 bits per heavy atom. The lowest BCUT2D eigenvalue weighted by Crippen LogP contribution is -1.88. The van der Waals surface area contributed by atoms with E-state index in [-0.39, 0.29) is 0 Å². The van der Waals surface area contributed by atoms with Crippen molar-refractivity contribution >= 4 is 0 Å². The Labute approximate surface area is 150 Å². The van der Waals surface area contributed by atoms with E-state index in [0.717, 1.165) is 12.2 Å². The predicted octanol–water partition coefficient (Wildman–Crippen LogP) is 7.59. The maximum absolute atomic E-state index is 8.91. The van der Waals surface area contributed by atoms with Crippen molar-refractivity contribution in [3.05, 3.63) is 42.0 Å². The van der Waals surface area contributed by atoms with E-state index in [9.17, 15) is 0 Å². The first kappa shape index (κ1) is 21.2. The van der Waals surface area contributed by atoms with Crippen LogP contribution in [-0.4, -0.2) is 5.11 Å². The minimum atomic E-state index is 0.889. The van der Waals surface area contributed by atoms with Gasteiger partial charge in [0.15, 0.2) is 0 Å². The van der Waals surface area contributed by atoms with Gasteiger partial charge < -0.3 is 5.11 Å². The summed E-state index contributed by atoms with van der Waals surface area (Å²) in [5, 5.41) is 8.91. The molecule has 1 N–H and O–H groups in total. The summed E-state index contributed by atoms with van der Waals surface area (Å²) in [4.78, 5) is 0. The minimum Gasteiger partial charge on any atom is -0.385 e. The number of unbranched alkanes of at least 4 members (excludes halogenated alkanes) is 13. The average Bonchev–Trinajstić information content (AvgIpc) is 2.62. The summed E-state index contributed by atoms with van der Waals surface area (Å²) in [5.41, 5.74) is 2.28. The van der Waals surface area contributed by atoms with Crippen LogP contribution in [0.1, 0.15) is 108 Å². The van der Waals surface area contributed by atoms with Crippen LogP contribution in [0.2, 0.25) is 0 Å². The van der Waals surface area contributed by atoms with Crippen molar-refractivity contribution in [3.8, 4) is 0 Å². The van der Waals surface area contributed by atoms with Gasteiger partial charge in [0.05, 0.1) is 0 Å². The Bertz CT molecular complexity index is 368. The zero-order chi connectivity index (χ0) is 17.3. The number of benzene rings is 1. The standard InChI is InChI=1S/C23H39O/c1-2-3-4-5-6-7-8-9-10-11-12-13-14-15-16-22-17-19-23(21-24)20-18-22/h17-21,24H,2-16H2,1H3. The maximum Gasteiger partial charge on any atom is 0.109 e. The monoisotopic (exact) mass is 331 g/mol. The molecule has 0 aliphatic carbocycles. The largest absolute Gasteiger partial charge is 0.385 e. The third kappa shape index (κ3) is 11.7. The van der Waals surface area contributed by atoms with E-state index in [1.807, 2.05) is 12.1 Å². The van der Waals surface area contributed by atoms with Crippen LogP contribution in [0, 0.1) is 6.61 Å². The molecule has 1 rings (SSSR count). The van der Waals surface area contributed by atoms with E-state index in [1.54, 1.807) is 0 Å². The van der Waals surface area contributed by atoms with Crippen molar-refractivity contribution in [3.63, 3.8) is 0 Å². The van der Waals surface area contributed by atoms with Gasteiger partial charge in [-0.25, -0.2) is 0 Å². The van der Waals surface area contributed by atoms with Crippen LogP contribution in [0.15, 0.2) is 24.3 Å². The van der Waals surface area contributed by atoms with Crippen LogP contribution in [-0.2, 0) is 6.42 Å². The summed E-state index contributed by atoms with van der Waals surface area (Å²) in [6, 6.07) is 8.23. The van der Waals surface area contributed by atoms with Gasteiger partial charge in [-0.2, -0.15) is 0 Å². The van der Waals surface area contributed by atoms with E-state index in [0.29, 0.717) is 0 Å². The highest BCUT2D eigenvalue weighted by Gasteiger charge is 1.96. The van der Waals surface area contributed by atoms with Crippen molar-refractivity contribution < 1.29 is 5.11 Å². The molecule has 0 aliphatic rings. The second-order valence-electron chi connectivity index (χ2n) is 7.22. The van der Waals surface area contributed by atoms with Gasteiger partial charge >= 0.3 is 0 Å². The van der Waals surface area contributed by atoms with Gasteiger partial charge in [0.25, 0.3) is 0 Å². The number of aliphatic hydroxyl groups excluding tert-OH is 1. The number of rotatable bonds is 16. The normalized spacial score (nSPS) is 11.1. The summed E-state index contributed by atoms with van der Waals surface area (Å²) in [6.07, 6.45) is 21.0. The Hall–Kier alpha value is -0.820. The van der Waals surface area contributed by atoms with Crippen LogP contribution in [0.5, 0.6) is 0 Å². The fraction of sp³-hybridized carbons (Fsp3) is 0.696. The van der Waals surface area contributed by atoms with Gasteiger partial charge in [-0.15, -0.1) is 0 Å². The van der Waals surface area contributed by atoms with Crippen LogP contribution >= 0.6 is 0 Å². The van der Waals surface area contributed by atoms with Crippen molar-refractivity contribution in [2.45, 2.75) is 103 Å². The molecule has 0 fully saturated rings. The van der Waals surface area contributed by atoms with Gasteiger partial charge in [-0.1, -0.05) is 115 Å². The SMILES string of the molecule is CCCCCCCCCCCCCCCCc1ccc([CH]O)cc1. The molecule has 0 amide bonds. The molecule has 1 aromatic carbocycles. The molecule has 1 heteroatoms. The lowest BCUT2D eigenvalue weighted by molar-refractivity contribution is 0.415. The molecule has 0 bridgehead atoms. The molecule has 0 atom stereocenters. The van der Waals surface area contributed by atoms with Crippen LogP contribution in [0.25, 0.3) is 0 Å². The second-order valence-corrected chi connectivity index (χ2v) is 7.22. The molecule has 1 aromatic rings. The number of hydrogen-bond acceptors (Lipinski definition) is 1. The summed E-state index contributed by atoms with van der Waals surface area (Å²) >= 11 is 0. The third-order valence-electron chi connectivity index (χ3n) is 4.95. The van der Waals surface area contributed by atoms with E-state index in [1.165, 1.54) is 102 Å². The highest BCUT2D eigenvalue weighted by molar-refractivity contribution is 5.25. The van der Waals surface area contributed by atoms with Gasteiger partial charge in [-0.05, 0) is 24.0 Å². The predicted molar refractivity (Wildman–Crippen MR) is 106 cm³/mol. The summed E-state index contributed by atoms with van der Waals surface area (Å²) in [5.74, 6) is 0. The average molecular weight is 332 g/mol. The van der Waals surface area contributed by atoms with Crippen molar-refractivity contribution in [2.75, 3.05) is 0 Å². The van der Waals surface area contributed by atoms with Crippen molar-refractivity contribution in [2.24, 2.45) is 0 Å². The molecule has 0 aromatic heterocycles. The Morgan fingerprint density at radius 1 is 0.625 bits per heavy atom. The van der Waals surface area contributed by atoms with Gasteiger partial charge in [0.1, 0.15) is 6.61 Å². The van der Waals surface area contributed by atoms with Crippen LogP contribution in [0.4, 0.5) is 0 Å². The highest BCUT2D eigenvalue weighted by atomic mass is 16.3. The molecule has 1 radical (unpaired) electrons. The smallest absolute Gasteiger partial charge is 0.109 e. The highest BCUT2D eigenvalue weighted by Crippen LogP contribution is 2.14. The molecule has 0 saturated heterocycles. The van der Waals surface area contributed by atoms with Gasteiger partial charge in [0, 0.05) is 0 Å². The zero-order valence-electron chi connectivity index (χ0n) is 15.9. The molecule has 1 nitrogen and oxygen atoms in total. The van der Waals surface area contributed by atoms with Crippen molar-refractivity contribution in [1.29, 1.82) is 0 Å². The van der Waals surface area contributed by atoms with Gasteiger partial charge in [-0.3, -0.25) is 0 Å². The van der Waals surface area contributed by atoms with Crippen LogP contribution < -0.4 is 0 Å². The Morgan fingerprint density at radius 2 is 1.04 bits per heavy atom. The summed E-state index contributed by atoms with van der Waals surface area (Å²) < 4.78 is 0. The molecule has 0 spiro atoms. The fourth-order valence-electron chi connectivity index (χ4n) is 3.29. The first-order valence-corrected chi connectivity index (χ1v) is 10.4. The first-order chi connectivity index (χ1) is 11.9. The van der Waals surface area contributed by atoms with E-state index < -0.39 is 0 Å². The third-order valence-corrected chi connectivity index (χ3v) is 4.95. The van der Waals surface area contributed by atoms with Crippen LogP contribution in [0.3, 0.4) is 0 Å². The molecule has 0 aliphatic heterocycles. The zero-order valence-corrected chi connectivity index (χ0v) is 15.9. The first-order valence-electron chi connectivity index (χ1n) is 10.4. The Kier molecular flexibility index (Phi) is 13.9. The lowest BCUT2D eigenvalue weighted by Gasteiger charge is -2.04. The van der Waals surface area contributed by atoms with E-state index in [4.69, 9.17) is 5.11 Å². The number of hydrogen-bond donors (Lipinski definition) is 1. The number of aryl methyl sites for hydroxylation is 1.